The number of halogens is 1. The summed E-state index contributed by atoms with van der Waals surface area (Å²) in [6.45, 7) is 1.85. The van der Waals surface area contributed by atoms with Gasteiger partial charge in [0.2, 0.25) is 11.8 Å². The van der Waals surface area contributed by atoms with E-state index in [1.54, 1.807) is 0 Å². The summed E-state index contributed by atoms with van der Waals surface area (Å²) in [5, 5.41) is 7.77. The van der Waals surface area contributed by atoms with Crippen LogP contribution >= 0.6 is 22.9 Å². The van der Waals surface area contributed by atoms with Crippen molar-refractivity contribution in [3.63, 3.8) is 0 Å². The lowest BCUT2D eigenvalue weighted by atomic mass is 10.3. The molecule has 0 aliphatic rings. The van der Waals surface area contributed by atoms with Crippen molar-refractivity contribution in [1.29, 1.82) is 0 Å². The molecule has 4 nitrogen and oxygen atoms in total. The van der Waals surface area contributed by atoms with E-state index in [-0.39, 0.29) is 24.2 Å². The predicted octanol–water partition coefficient (Wildman–Crippen LogP) is 1.35. The van der Waals surface area contributed by atoms with E-state index >= 15 is 0 Å². The largest absolute Gasteiger partial charge is 0.346 e. The van der Waals surface area contributed by atoms with Crippen molar-refractivity contribution >= 4 is 39.8 Å². The molecule has 0 fully saturated rings. The molecule has 0 radical (unpaired) electrons. The summed E-state index contributed by atoms with van der Waals surface area (Å²) >= 11 is 6.71. The number of aryl methyl sites for hydroxylation is 1. The van der Waals surface area contributed by atoms with Gasteiger partial charge in [-0.25, -0.2) is 0 Å². The number of nitrogens with one attached hydrogen (secondary N) is 2. The molecule has 1 rings (SSSR count). The van der Waals surface area contributed by atoms with Crippen molar-refractivity contribution in [2.75, 3.05) is 17.7 Å². The Morgan fingerprint density at radius 2 is 2.20 bits per heavy atom. The van der Waals surface area contributed by atoms with Crippen LogP contribution in [-0.4, -0.2) is 24.2 Å². The van der Waals surface area contributed by atoms with Gasteiger partial charge < -0.3 is 10.6 Å². The maximum Gasteiger partial charge on any atom is 0.244 e. The number of rotatable bonds is 4. The molecule has 1 heterocycles. The topological polar surface area (TPSA) is 58.2 Å². The standard InChI is InChI=1S/C9H11ClN2O2S/c1-6-2-3-15-9(6)12-8(14)5-11-7(13)4-10/h2-3H,4-5H2,1H3,(H,11,13)(H,12,14). The van der Waals surface area contributed by atoms with Gasteiger partial charge in [-0.1, -0.05) is 0 Å². The quantitative estimate of drug-likeness (QED) is 0.788. The Bertz CT molecular complexity index is 365. The lowest BCUT2D eigenvalue weighted by molar-refractivity contribution is -0.122. The number of hydrogen-bond donors (Lipinski definition) is 2. The second-order valence-electron chi connectivity index (χ2n) is 2.89. The monoisotopic (exact) mass is 246 g/mol. The molecule has 0 saturated carbocycles. The highest BCUT2D eigenvalue weighted by Crippen LogP contribution is 2.21. The molecule has 0 aromatic carbocycles. The molecule has 0 bridgehead atoms. The Balaban J connectivity index is 2.37. The molecule has 1 aromatic heterocycles. The Morgan fingerprint density at radius 1 is 1.47 bits per heavy atom. The molecular weight excluding hydrogens is 236 g/mol. The highest BCUT2D eigenvalue weighted by atomic mass is 35.5. The number of thiophene rings is 1. The van der Waals surface area contributed by atoms with Gasteiger partial charge in [0.25, 0.3) is 0 Å². The van der Waals surface area contributed by atoms with E-state index in [0.717, 1.165) is 10.6 Å². The summed E-state index contributed by atoms with van der Waals surface area (Å²) in [4.78, 5) is 22.1. The van der Waals surface area contributed by atoms with Crippen molar-refractivity contribution in [1.82, 2.24) is 5.32 Å². The third-order valence-electron chi connectivity index (χ3n) is 1.68. The van der Waals surface area contributed by atoms with Gasteiger partial charge in [0, 0.05) is 0 Å². The van der Waals surface area contributed by atoms with Crippen LogP contribution in [0.5, 0.6) is 0 Å². The van der Waals surface area contributed by atoms with E-state index < -0.39 is 0 Å². The fraction of sp³-hybridized carbons (Fsp3) is 0.333. The number of hydrogen-bond acceptors (Lipinski definition) is 3. The lowest BCUT2D eigenvalue weighted by Gasteiger charge is -2.04. The van der Waals surface area contributed by atoms with Crippen LogP contribution in [0.25, 0.3) is 0 Å². The minimum atomic E-state index is -0.352. The van der Waals surface area contributed by atoms with Crippen LogP contribution in [0.15, 0.2) is 11.4 Å². The first kappa shape index (κ1) is 12.0. The number of carbonyl (C=O) groups excluding carboxylic acids is 2. The van der Waals surface area contributed by atoms with Crippen LogP contribution in [0.2, 0.25) is 0 Å². The van der Waals surface area contributed by atoms with E-state index in [2.05, 4.69) is 10.6 Å². The summed E-state index contributed by atoms with van der Waals surface area (Å²) in [6.07, 6.45) is 0. The number of anilines is 1. The zero-order chi connectivity index (χ0) is 11.3. The average molecular weight is 247 g/mol. The normalized spacial score (nSPS) is 9.73. The number of alkyl halides is 1. The van der Waals surface area contributed by atoms with Crippen LogP contribution in [0.4, 0.5) is 5.00 Å². The smallest absolute Gasteiger partial charge is 0.244 e. The van der Waals surface area contributed by atoms with Gasteiger partial charge in [-0.3, -0.25) is 9.59 Å². The Labute approximate surface area is 96.6 Å². The molecule has 15 heavy (non-hydrogen) atoms. The maximum atomic E-state index is 11.3. The lowest BCUT2D eigenvalue weighted by Crippen LogP contribution is -2.33. The third kappa shape index (κ3) is 3.89. The van der Waals surface area contributed by atoms with Crippen molar-refractivity contribution in [2.45, 2.75) is 6.92 Å². The molecule has 6 heteroatoms. The van der Waals surface area contributed by atoms with Crippen LogP contribution in [-0.2, 0) is 9.59 Å². The summed E-state index contributed by atoms with van der Waals surface area (Å²) in [6, 6.07) is 1.91. The third-order valence-corrected chi connectivity index (χ3v) is 2.86. The molecule has 1 aromatic rings. The summed E-state index contributed by atoms with van der Waals surface area (Å²) in [5.74, 6) is -0.737. The Morgan fingerprint density at radius 3 is 2.73 bits per heavy atom. The van der Waals surface area contributed by atoms with Crippen molar-refractivity contribution in [3.05, 3.63) is 17.0 Å². The zero-order valence-corrected chi connectivity index (χ0v) is 9.74. The van der Waals surface area contributed by atoms with Crippen molar-refractivity contribution < 1.29 is 9.59 Å². The fourth-order valence-electron chi connectivity index (χ4n) is 0.898. The molecule has 0 spiro atoms. The second kappa shape index (κ2) is 5.72. The first-order valence-corrected chi connectivity index (χ1v) is 5.71. The van der Waals surface area contributed by atoms with E-state index in [9.17, 15) is 9.59 Å². The summed E-state index contributed by atoms with van der Waals surface area (Å²) in [5.41, 5.74) is 1.01. The number of amides is 2. The SMILES string of the molecule is Cc1ccsc1NC(=O)CNC(=O)CCl. The van der Waals surface area contributed by atoms with Crippen LogP contribution in [0.3, 0.4) is 0 Å². The van der Waals surface area contributed by atoms with E-state index in [0.29, 0.717) is 0 Å². The minimum Gasteiger partial charge on any atom is -0.346 e. The average Bonchev–Trinajstić information content (AvgIpc) is 2.61. The highest BCUT2D eigenvalue weighted by molar-refractivity contribution is 7.14. The molecule has 0 aliphatic carbocycles. The van der Waals surface area contributed by atoms with E-state index in [1.165, 1.54) is 11.3 Å². The predicted molar refractivity (Wildman–Crippen MR) is 61.4 cm³/mol. The highest BCUT2D eigenvalue weighted by Gasteiger charge is 2.06. The summed E-state index contributed by atoms with van der Waals surface area (Å²) in [7, 11) is 0. The maximum absolute atomic E-state index is 11.3. The molecule has 82 valence electrons. The van der Waals surface area contributed by atoms with Crippen LogP contribution in [0.1, 0.15) is 5.56 Å². The van der Waals surface area contributed by atoms with Gasteiger partial charge in [0.1, 0.15) is 5.88 Å². The van der Waals surface area contributed by atoms with Gasteiger partial charge >= 0.3 is 0 Å². The minimum absolute atomic E-state index is 0.0527. The second-order valence-corrected chi connectivity index (χ2v) is 4.07. The van der Waals surface area contributed by atoms with Crippen molar-refractivity contribution in [2.24, 2.45) is 0 Å². The van der Waals surface area contributed by atoms with Gasteiger partial charge in [-0.2, -0.15) is 0 Å². The number of carbonyl (C=O) groups is 2. The molecule has 0 unspecified atom stereocenters. The zero-order valence-electron chi connectivity index (χ0n) is 8.17. The molecule has 2 amide bonds. The van der Waals surface area contributed by atoms with Gasteiger partial charge in [0.15, 0.2) is 0 Å². The first-order valence-electron chi connectivity index (χ1n) is 4.30. The molecule has 0 saturated heterocycles. The Hall–Kier alpha value is -1.07. The fourth-order valence-corrected chi connectivity index (χ4v) is 1.83. The molecule has 0 aliphatic heterocycles. The molecule has 2 N–H and O–H groups in total. The molecular formula is C9H11ClN2O2S. The van der Waals surface area contributed by atoms with E-state index in [1.807, 2.05) is 18.4 Å². The summed E-state index contributed by atoms with van der Waals surface area (Å²) < 4.78 is 0. The van der Waals surface area contributed by atoms with E-state index in [4.69, 9.17) is 11.6 Å². The van der Waals surface area contributed by atoms with Crippen LogP contribution in [0, 0.1) is 6.92 Å². The van der Waals surface area contributed by atoms with Gasteiger partial charge in [-0.15, -0.1) is 22.9 Å². The Kier molecular flexibility index (Phi) is 4.58. The van der Waals surface area contributed by atoms with Crippen LogP contribution < -0.4 is 10.6 Å². The first-order chi connectivity index (χ1) is 7.13. The molecule has 0 atom stereocenters. The van der Waals surface area contributed by atoms with Crippen molar-refractivity contribution in [3.8, 4) is 0 Å². The van der Waals surface area contributed by atoms with Gasteiger partial charge in [-0.05, 0) is 23.9 Å². The van der Waals surface area contributed by atoms with Gasteiger partial charge in [0.05, 0.1) is 11.5 Å².